The summed E-state index contributed by atoms with van der Waals surface area (Å²) in [6.45, 7) is 1.54. The van der Waals surface area contributed by atoms with Crippen LogP contribution in [0.5, 0.6) is 0 Å². The minimum absolute atomic E-state index is 0.121. The third-order valence-corrected chi connectivity index (χ3v) is 2.62. The van der Waals surface area contributed by atoms with Crippen LogP contribution in [-0.4, -0.2) is 16.0 Å². The number of benzene rings is 1. The molecule has 10 heteroatoms. The lowest BCUT2D eigenvalue weighted by atomic mass is 10.1. The number of amides is 1. The first kappa shape index (κ1) is 15.5. The standard InChI is InChI=1S/C12H8F3N3O4/c1-6-4-9(17-22-6)11(19)16-7-2-3-10(18(20)21)8(5-7)12(13,14)15/h2-5H,1H3,(H,16,19). The molecule has 1 N–H and O–H groups in total. The molecule has 1 heterocycles. The summed E-state index contributed by atoms with van der Waals surface area (Å²) in [7, 11) is 0. The van der Waals surface area contributed by atoms with Crippen molar-refractivity contribution in [3.05, 3.63) is 51.4 Å². The summed E-state index contributed by atoms with van der Waals surface area (Å²) in [4.78, 5) is 21.2. The Bertz CT molecular complexity index is 739. The highest BCUT2D eigenvalue weighted by atomic mass is 19.4. The summed E-state index contributed by atoms with van der Waals surface area (Å²) in [6.07, 6.45) is -4.92. The molecule has 0 saturated heterocycles. The molecule has 0 spiro atoms. The van der Waals surface area contributed by atoms with Crippen molar-refractivity contribution in [2.24, 2.45) is 0 Å². The zero-order valence-electron chi connectivity index (χ0n) is 11.0. The molecule has 7 nitrogen and oxygen atoms in total. The van der Waals surface area contributed by atoms with E-state index in [1.165, 1.54) is 13.0 Å². The van der Waals surface area contributed by atoms with Gasteiger partial charge in [0, 0.05) is 17.8 Å². The van der Waals surface area contributed by atoms with Gasteiger partial charge in [0.1, 0.15) is 11.3 Å². The van der Waals surface area contributed by atoms with E-state index in [4.69, 9.17) is 0 Å². The molecule has 0 unspecified atom stereocenters. The molecule has 1 aromatic carbocycles. The highest BCUT2D eigenvalue weighted by Gasteiger charge is 2.38. The van der Waals surface area contributed by atoms with Crippen LogP contribution in [-0.2, 0) is 6.18 Å². The minimum atomic E-state index is -4.92. The number of hydrogen-bond donors (Lipinski definition) is 1. The average Bonchev–Trinajstić information content (AvgIpc) is 2.84. The molecule has 1 amide bonds. The summed E-state index contributed by atoms with van der Waals surface area (Å²) < 4.78 is 43.1. The Morgan fingerprint density at radius 3 is 2.55 bits per heavy atom. The second kappa shape index (κ2) is 5.47. The fourth-order valence-corrected chi connectivity index (χ4v) is 1.67. The van der Waals surface area contributed by atoms with E-state index in [2.05, 4.69) is 15.0 Å². The molecule has 1 aromatic heterocycles. The highest BCUT2D eigenvalue weighted by molar-refractivity contribution is 6.02. The molecule has 0 aliphatic carbocycles. The topological polar surface area (TPSA) is 98.3 Å². The summed E-state index contributed by atoms with van der Waals surface area (Å²) in [5.41, 5.74) is -2.91. The quantitative estimate of drug-likeness (QED) is 0.693. The van der Waals surface area contributed by atoms with E-state index in [1.54, 1.807) is 0 Å². The largest absolute Gasteiger partial charge is 0.423 e. The molecule has 2 rings (SSSR count). The number of anilines is 1. The van der Waals surface area contributed by atoms with Gasteiger partial charge >= 0.3 is 6.18 Å². The van der Waals surface area contributed by atoms with Crippen LogP contribution in [0, 0.1) is 17.0 Å². The number of alkyl halides is 3. The number of aromatic nitrogens is 1. The maximum atomic E-state index is 12.8. The number of nitro benzene ring substituents is 1. The van der Waals surface area contributed by atoms with Crippen LogP contribution in [0.3, 0.4) is 0 Å². The molecule has 22 heavy (non-hydrogen) atoms. The van der Waals surface area contributed by atoms with Crippen LogP contribution in [0.15, 0.2) is 28.8 Å². The number of aryl methyl sites for hydroxylation is 1. The van der Waals surface area contributed by atoms with Crippen molar-refractivity contribution in [2.45, 2.75) is 13.1 Å². The first-order valence-electron chi connectivity index (χ1n) is 5.79. The van der Waals surface area contributed by atoms with E-state index in [0.29, 0.717) is 17.9 Å². The van der Waals surface area contributed by atoms with Crippen LogP contribution in [0.4, 0.5) is 24.5 Å². The molecule has 0 aliphatic rings. The van der Waals surface area contributed by atoms with Crippen LogP contribution in [0.25, 0.3) is 0 Å². The van der Waals surface area contributed by atoms with Gasteiger partial charge in [0.25, 0.3) is 11.6 Å². The Hall–Kier alpha value is -2.91. The molecular weight excluding hydrogens is 307 g/mol. The smallest absolute Gasteiger partial charge is 0.361 e. The number of nitrogens with one attached hydrogen (secondary N) is 1. The van der Waals surface area contributed by atoms with E-state index in [9.17, 15) is 28.1 Å². The van der Waals surface area contributed by atoms with Crippen molar-refractivity contribution in [1.29, 1.82) is 0 Å². The number of nitro groups is 1. The highest BCUT2D eigenvalue weighted by Crippen LogP contribution is 2.37. The number of nitrogens with zero attached hydrogens (tertiary/aromatic N) is 2. The van der Waals surface area contributed by atoms with Gasteiger partial charge in [-0.15, -0.1) is 0 Å². The normalized spacial score (nSPS) is 11.3. The monoisotopic (exact) mass is 315 g/mol. The fraction of sp³-hybridized carbons (Fsp3) is 0.167. The summed E-state index contributed by atoms with van der Waals surface area (Å²) >= 11 is 0. The SMILES string of the molecule is Cc1cc(C(=O)Nc2ccc([N+](=O)[O-])c(C(F)(F)F)c2)no1. The summed E-state index contributed by atoms with van der Waals surface area (Å²) in [6, 6.07) is 3.46. The van der Waals surface area contributed by atoms with E-state index < -0.39 is 28.3 Å². The lowest BCUT2D eigenvalue weighted by Crippen LogP contribution is -2.14. The predicted molar refractivity (Wildman–Crippen MR) is 67.3 cm³/mol. The Balaban J connectivity index is 2.33. The zero-order chi connectivity index (χ0) is 16.5. The Morgan fingerprint density at radius 1 is 1.36 bits per heavy atom. The van der Waals surface area contributed by atoms with Gasteiger partial charge in [-0.05, 0) is 19.1 Å². The third-order valence-electron chi connectivity index (χ3n) is 2.62. The van der Waals surface area contributed by atoms with Gasteiger partial charge in [0.05, 0.1) is 4.92 Å². The van der Waals surface area contributed by atoms with Gasteiger partial charge in [-0.3, -0.25) is 14.9 Å². The molecule has 0 atom stereocenters. The van der Waals surface area contributed by atoms with Crippen molar-refractivity contribution in [3.63, 3.8) is 0 Å². The number of halogens is 3. The van der Waals surface area contributed by atoms with Crippen LogP contribution < -0.4 is 5.32 Å². The zero-order valence-corrected chi connectivity index (χ0v) is 11.0. The van der Waals surface area contributed by atoms with Gasteiger partial charge in [0.15, 0.2) is 5.69 Å². The van der Waals surface area contributed by atoms with Crippen molar-refractivity contribution in [3.8, 4) is 0 Å². The van der Waals surface area contributed by atoms with E-state index in [1.807, 2.05) is 0 Å². The van der Waals surface area contributed by atoms with Gasteiger partial charge in [-0.2, -0.15) is 13.2 Å². The molecule has 0 aliphatic heterocycles. The number of rotatable bonds is 3. The van der Waals surface area contributed by atoms with E-state index in [-0.39, 0.29) is 11.4 Å². The first-order chi connectivity index (χ1) is 10.2. The fourth-order valence-electron chi connectivity index (χ4n) is 1.67. The van der Waals surface area contributed by atoms with Crippen molar-refractivity contribution in [1.82, 2.24) is 5.16 Å². The van der Waals surface area contributed by atoms with Gasteiger partial charge in [-0.25, -0.2) is 0 Å². The molecule has 116 valence electrons. The Labute approximate surface area is 120 Å². The number of hydrogen-bond acceptors (Lipinski definition) is 5. The van der Waals surface area contributed by atoms with Crippen molar-refractivity contribution < 1.29 is 27.4 Å². The Kier molecular flexibility index (Phi) is 3.85. The maximum absolute atomic E-state index is 12.8. The van der Waals surface area contributed by atoms with E-state index >= 15 is 0 Å². The number of carbonyl (C=O) groups excluding carboxylic acids is 1. The summed E-state index contributed by atoms with van der Waals surface area (Å²) in [5.74, 6) is -0.441. The maximum Gasteiger partial charge on any atom is 0.423 e. The van der Waals surface area contributed by atoms with Gasteiger partial charge < -0.3 is 9.84 Å². The van der Waals surface area contributed by atoms with Crippen molar-refractivity contribution in [2.75, 3.05) is 5.32 Å². The molecule has 0 fully saturated rings. The van der Waals surface area contributed by atoms with Crippen LogP contribution >= 0.6 is 0 Å². The molecule has 2 aromatic rings. The predicted octanol–water partition coefficient (Wildman–Crippen LogP) is 3.16. The lowest BCUT2D eigenvalue weighted by molar-refractivity contribution is -0.388. The van der Waals surface area contributed by atoms with Gasteiger partial charge in [-0.1, -0.05) is 5.16 Å². The second-order valence-electron chi connectivity index (χ2n) is 4.26. The third kappa shape index (κ3) is 3.22. The lowest BCUT2D eigenvalue weighted by Gasteiger charge is -2.10. The van der Waals surface area contributed by atoms with E-state index in [0.717, 1.165) is 6.07 Å². The Morgan fingerprint density at radius 2 is 2.05 bits per heavy atom. The van der Waals surface area contributed by atoms with Gasteiger partial charge in [0.2, 0.25) is 0 Å². The summed E-state index contributed by atoms with van der Waals surface area (Å²) in [5, 5.41) is 16.2. The molecular formula is C12H8F3N3O4. The number of carbonyl (C=O) groups is 1. The minimum Gasteiger partial charge on any atom is -0.361 e. The second-order valence-corrected chi connectivity index (χ2v) is 4.26. The van der Waals surface area contributed by atoms with Crippen LogP contribution in [0.1, 0.15) is 21.8 Å². The first-order valence-corrected chi connectivity index (χ1v) is 5.79. The molecule has 0 radical (unpaired) electrons. The van der Waals surface area contributed by atoms with Crippen LogP contribution in [0.2, 0.25) is 0 Å². The molecule has 0 saturated carbocycles. The van der Waals surface area contributed by atoms with Crippen molar-refractivity contribution >= 4 is 17.3 Å². The average molecular weight is 315 g/mol. The molecule has 0 bridgehead atoms.